The van der Waals surface area contributed by atoms with Gasteiger partial charge in [-0.1, -0.05) is 0 Å². The number of phenols is 1. The summed E-state index contributed by atoms with van der Waals surface area (Å²) in [6.07, 6.45) is 0. The van der Waals surface area contributed by atoms with Gasteiger partial charge in [0.05, 0.1) is 19.3 Å². The number of hydrogen-bond donors (Lipinski definition) is 1. The molecule has 1 aromatic rings. The van der Waals surface area contributed by atoms with Crippen LogP contribution in [-0.2, 0) is 9.53 Å². The molecule has 92 valence electrons. The smallest absolute Gasteiger partial charge is 0.379 e. The highest BCUT2D eigenvalue weighted by Gasteiger charge is 2.24. The van der Waals surface area contributed by atoms with Gasteiger partial charge >= 0.3 is 5.97 Å². The minimum absolute atomic E-state index is 0.0117. The zero-order valence-corrected chi connectivity index (χ0v) is 9.32. The maximum absolute atomic E-state index is 13.1. The molecule has 0 amide bonds. The lowest BCUT2D eigenvalue weighted by atomic mass is 10.1. The SMILES string of the molecule is CCOC(=O)C(=O)c1cc(F)cc(OC)c1O. The lowest BCUT2D eigenvalue weighted by molar-refractivity contribution is -0.137. The van der Waals surface area contributed by atoms with Crippen molar-refractivity contribution in [1.29, 1.82) is 0 Å². The molecule has 0 aliphatic rings. The fourth-order valence-electron chi connectivity index (χ4n) is 1.21. The zero-order chi connectivity index (χ0) is 13.0. The van der Waals surface area contributed by atoms with E-state index in [-0.39, 0.29) is 12.4 Å². The van der Waals surface area contributed by atoms with Gasteiger partial charge < -0.3 is 14.6 Å². The number of ether oxygens (including phenoxy) is 2. The first-order valence-corrected chi connectivity index (χ1v) is 4.79. The Kier molecular flexibility index (Phi) is 4.03. The number of Topliss-reactive ketones (excluding diaryl/α,β-unsaturated/α-hetero) is 1. The summed E-state index contributed by atoms with van der Waals surface area (Å²) in [5.41, 5.74) is -0.486. The van der Waals surface area contributed by atoms with Crippen LogP contribution >= 0.6 is 0 Å². The van der Waals surface area contributed by atoms with Gasteiger partial charge in [0, 0.05) is 6.07 Å². The maximum atomic E-state index is 13.1. The molecule has 0 radical (unpaired) electrons. The summed E-state index contributed by atoms with van der Waals surface area (Å²) in [4.78, 5) is 22.7. The van der Waals surface area contributed by atoms with Crippen molar-refractivity contribution in [2.45, 2.75) is 6.92 Å². The predicted molar refractivity (Wildman–Crippen MR) is 55.6 cm³/mol. The normalized spacial score (nSPS) is 9.82. The second-order valence-electron chi connectivity index (χ2n) is 3.05. The number of benzene rings is 1. The van der Waals surface area contributed by atoms with Crippen LogP contribution in [0.4, 0.5) is 4.39 Å². The number of carbonyl (C=O) groups is 2. The van der Waals surface area contributed by atoms with Gasteiger partial charge in [0.25, 0.3) is 5.78 Å². The molecule has 0 saturated carbocycles. The van der Waals surface area contributed by atoms with Gasteiger partial charge in [-0.3, -0.25) is 4.79 Å². The van der Waals surface area contributed by atoms with E-state index in [0.29, 0.717) is 0 Å². The summed E-state index contributed by atoms with van der Waals surface area (Å²) < 4.78 is 22.2. The molecule has 0 bridgehead atoms. The number of methoxy groups -OCH3 is 1. The molecule has 5 nitrogen and oxygen atoms in total. The van der Waals surface area contributed by atoms with Crippen LogP contribution in [0.1, 0.15) is 17.3 Å². The van der Waals surface area contributed by atoms with E-state index < -0.39 is 28.9 Å². The van der Waals surface area contributed by atoms with Gasteiger partial charge in [-0.15, -0.1) is 0 Å². The number of aromatic hydroxyl groups is 1. The minimum atomic E-state index is -1.16. The predicted octanol–water partition coefficient (Wildman–Crippen LogP) is 1.29. The molecule has 0 aliphatic carbocycles. The molecular weight excluding hydrogens is 231 g/mol. The fraction of sp³-hybridized carbons (Fsp3) is 0.273. The molecule has 1 N–H and O–H groups in total. The molecule has 0 spiro atoms. The van der Waals surface area contributed by atoms with E-state index in [0.717, 1.165) is 12.1 Å². The Balaban J connectivity index is 3.17. The zero-order valence-electron chi connectivity index (χ0n) is 9.32. The first-order valence-electron chi connectivity index (χ1n) is 4.79. The molecule has 1 aromatic carbocycles. The van der Waals surface area contributed by atoms with E-state index in [9.17, 15) is 19.1 Å². The summed E-state index contributed by atoms with van der Waals surface area (Å²) in [5.74, 6) is -3.89. The Morgan fingerprint density at radius 3 is 2.59 bits per heavy atom. The van der Waals surface area contributed by atoms with Gasteiger partial charge in [0.2, 0.25) is 0 Å². The van der Waals surface area contributed by atoms with Crippen LogP contribution in [-0.4, -0.2) is 30.6 Å². The second-order valence-corrected chi connectivity index (χ2v) is 3.05. The fourth-order valence-corrected chi connectivity index (χ4v) is 1.21. The third kappa shape index (κ3) is 2.72. The van der Waals surface area contributed by atoms with E-state index in [2.05, 4.69) is 9.47 Å². The number of halogens is 1. The monoisotopic (exact) mass is 242 g/mol. The Bertz CT molecular complexity index is 455. The number of rotatable bonds is 4. The molecule has 1 rings (SSSR count). The molecule has 0 atom stereocenters. The molecule has 0 aromatic heterocycles. The van der Waals surface area contributed by atoms with Gasteiger partial charge in [-0.25, -0.2) is 9.18 Å². The third-order valence-electron chi connectivity index (χ3n) is 1.97. The molecular formula is C11H11FO5. The van der Waals surface area contributed by atoms with Crippen LogP contribution in [0.2, 0.25) is 0 Å². The topological polar surface area (TPSA) is 72.8 Å². The van der Waals surface area contributed by atoms with Crippen LogP contribution in [0.25, 0.3) is 0 Å². The molecule has 0 fully saturated rings. The van der Waals surface area contributed by atoms with Gasteiger partial charge in [-0.2, -0.15) is 0 Å². The molecule has 0 unspecified atom stereocenters. The lowest BCUT2D eigenvalue weighted by Gasteiger charge is -2.08. The summed E-state index contributed by atoms with van der Waals surface area (Å²) >= 11 is 0. The quantitative estimate of drug-likeness (QED) is 0.489. The highest BCUT2D eigenvalue weighted by Crippen LogP contribution is 2.31. The van der Waals surface area contributed by atoms with Crippen molar-refractivity contribution >= 4 is 11.8 Å². The lowest BCUT2D eigenvalue weighted by Crippen LogP contribution is -2.18. The standard InChI is InChI=1S/C11H11FO5/c1-3-17-11(15)10(14)7-4-6(12)5-8(16-2)9(7)13/h4-5,13H,3H2,1-2H3. The van der Waals surface area contributed by atoms with Gasteiger partial charge in [-0.05, 0) is 13.0 Å². The van der Waals surface area contributed by atoms with E-state index >= 15 is 0 Å². The average Bonchev–Trinajstić information content (AvgIpc) is 2.31. The third-order valence-corrected chi connectivity index (χ3v) is 1.97. The molecule has 0 aliphatic heterocycles. The highest BCUT2D eigenvalue weighted by atomic mass is 19.1. The molecule has 0 saturated heterocycles. The summed E-state index contributed by atoms with van der Waals surface area (Å²) in [6, 6.07) is 1.65. The summed E-state index contributed by atoms with van der Waals surface area (Å²) in [5, 5.41) is 9.58. The van der Waals surface area contributed by atoms with Crippen LogP contribution in [0, 0.1) is 5.82 Å². The number of esters is 1. The van der Waals surface area contributed by atoms with Crippen molar-refractivity contribution < 1.29 is 28.6 Å². The van der Waals surface area contributed by atoms with Crippen molar-refractivity contribution in [3.8, 4) is 11.5 Å². The first-order chi connectivity index (χ1) is 8.01. The molecule has 0 heterocycles. The van der Waals surface area contributed by atoms with E-state index in [1.165, 1.54) is 14.0 Å². The number of ketones is 1. The molecule has 17 heavy (non-hydrogen) atoms. The van der Waals surface area contributed by atoms with E-state index in [1.54, 1.807) is 0 Å². The van der Waals surface area contributed by atoms with Gasteiger partial charge in [0.15, 0.2) is 11.5 Å². The Morgan fingerprint density at radius 2 is 2.06 bits per heavy atom. The van der Waals surface area contributed by atoms with Crippen molar-refractivity contribution in [3.63, 3.8) is 0 Å². The Hall–Kier alpha value is -2.11. The van der Waals surface area contributed by atoms with Crippen LogP contribution in [0.15, 0.2) is 12.1 Å². The van der Waals surface area contributed by atoms with Crippen molar-refractivity contribution in [2.24, 2.45) is 0 Å². The van der Waals surface area contributed by atoms with E-state index in [4.69, 9.17) is 0 Å². The van der Waals surface area contributed by atoms with Crippen molar-refractivity contribution in [2.75, 3.05) is 13.7 Å². The van der Waals surface area contributed by atoms with Crippen molar-refractivity contribution in [3.05, 3.63) is 23.5 Å². The van der Waals surface area contributed by atoms with Gasteiger partial charge in [0.1, 0.15) is 5.82 Å². The van der Waals surface area contributed by atoms with E-state index in [1.807, 2.05) is 0 Å². The molecule has 6 heteroatoms. The van der Waals surface area contributed by atoms with Crippen LogP contribution in [0.5, 0.6) is 11.5 Å². The van der Waals surface area contributed by atoms with Crippen LogP contribution in [0.3, 0.4) is 0 Å². The first kappa shape index (κ1) is 13.0. The number of phenolic OH excluding ortho intramolecular Hbond substituents is 1. The summed E-state index contributed by atoms with van der Waals surface area (Å²) in [7, 11) is 1.20. The number of carbonyl (C=O) groups excluding carboxylic acids is 2. The average molecular weight is 242 g/mol. The summed E-state index contributed by atoms with van der Waals surface area (Å²) in [6.45, 7) is 1.54. The Labute approximate surface area is 96.8 Å². The highest BCUT2D eigenvalue weighted by molar-refractivity contribution is 6.41. The second kappa shape index (κ2) is 5.29. The minimum Gasteiger partial charge on any atom is -0.504 e. The van der Waals surface area contributed by atoms with Crippen molar-refractivity contribution in [1.82, 2.24) is 0 Å². The maximum Gasteiger partial charge on any atom is 0.379 e. The van der Waals surface area contributed by atoms with Crippen LogP contribution < -0.4 is 4.74 Å². The Morgan fingerprint density at radius 1 is 1.41 bits per heavy atom. The number of hydrogen-bond acceptors (Lipinski definition) is 5. The largest absolute Gasteiger partial charge is 0.504 e.